The Morgan fingerprint density at radius 2 is 2.00 bits per heavy atom. The van der Waals surface area contributed by atoms with Gasteiger partial charge in [-0.1, -0.05) is 5.16 Å². The molecule has 0 aliphatic carbocycles. The van der Waals surface area contributed by atoms with Gasteiger partial charge < -0.3 is 15.3 Å². The number of hydrazine groups is 1. The summed E-state index contributed by atoms with van der Waals surface area (Å²) >= 11 is 0. The Hall–Kier alpha value is -2.22. The summed E-state index contributed by atoms with van der Waals surface area (Å²) in [6.07, 6.45) is 0. The van der Waals surface area contributed by atoms with Crippen molar-refractivity contribution in [2.75, 3.05) is 10.7 Å². The topological polar surface area (TPSA) is 115 Å². The molecule has 0 saturated carbocycles. The van der Waals surface area contributed by atoms with Crippen molar-refractivity contribution in [3.63, 3.8) is 0 Å². The van der Waals surface area contributed by atoms with E-state index < -0.39 is 0 Å². The van der Waals surface area contributed by atoms with Crippen LogP contribution in [0.15, 0.2) is 10.6 Å². The van der Waals surface area contributed by atoms with E-state index in [1.807, 2.05) is 0 Å². The Labute approximate surface area is 97.6 Å². The molecule has 8 heteroatoms. The maximum atomic E-state index is 5.29. The molecule has 2 aromatic heterocycles. The number of hydrogen-bond acceptors (Lipinski definition) is 8. The number of aryl methyl sites for hydroxylation is 2. The Morgan fingerprint density at radius 1 is 1.24 bits per heavy atom. The van der Waals surface area contributed by atoms with Crippen LogP contribution in [0.2, 0.25) is 0 Å². The Balaban J connectivity index is 2.05. The second-order valence-electron chi connectivity index (χ2n) is 3.41. The van der Waals surface area contributed by atoms with E-state index in [1.54, 1.807) is 19.9 Å². The number of hydrogen-bond donors (Lipinski definition) is 3. The van der Waals surface area contributed by atoms with Crippen LogP contribution in [0.4, 0.5) is 11.6 Å². The van der Waals surface area contributed by atoms with Gasteiger partial charge in [0.05, 0.1) is 6.54 Å². The minimum Gasteiger partial charge on any atom is -0.362 e. The van der Waals surface area contributed by atoms with Crippen molar-refractivity contribution in [1.82, 2.24) is 20.1 Å². The van der Waals surface area contributed by atoms with Crippen LogP contribution in [0.25, 0.3) is 0 Å². The first-order chi connectivity index (χ1) is 8.17. The van der Waals surface area contributed by atoms with Gasteiger partial charge in [0, 0.05) is 13.0 Å². The second kappa shape index (κ2) is 4.74. The number of nitrogens with two attached hydrogens (primary N) is 1. The number of nitrogens with zero attached hydrogens (tertiary/aromatic N) is 4. The van der Waals surface area contributed by atoms with Crippen LogP contribution in [-0.2, 0) is 6.54 Å². The van der Waals surface area contributed by atoms with Gasteiger partial charge in [0.1, 0.15) is 17.5 Å². The average molecular weight is 235 g/mol. The summed E-state index contributed by atoms with van der Waals surface area (Å²) in [6.45, 7) is 3.95. The smallest absolute Gasteiger partial charge is 0.223 e. The quantitative estimate of drug-likeness (QED) is 0.514. The fourth-order valence-electron chi connectivity index (χ4n) is 1.31. The van der Waals surface area contributed by atoms with Crippen molar-refractivity contribution in [2.24, 2.45) is 5.84 Å². The summed E-state index contributed by atoms with van der Waals surface area (Å²) in [7, 11) is 0. The van der Waals surface area contributed by atoms with Crippen molar-refractivity contribution in [3.05, 3.63) is 23.6 Å². The molecule has 2 rings (SSSR count). The van der Waals surface area contributed by atoms with Crippen LogP contribution in [0.3, 0.4) is 0 Å². The van der Waals surface area contributed by atoms with Crippen molar-refractivity contribution in [1.29, 1.82) is 0 Å². The maximum Gasteiger partial charge on any atom is 0.223 e. The van der Waals surface area contributed by atoms with Crippen molar-refractivity contribution in [2.45, 2.75) is 20.4 Å². The summed E-state index contributed by atoms with van der Waals surface area (Å²) in [4.78, 5) is 12.3. The zero-order valence-corrected chi connectivity index (χ0v) is 9.56. The maximum absolute atomic E-state index is 5.29. The molecule has 0 amide bonds. The second-order valence-corrected chi connectivity index (χ2v) is 3.41. The van der Waals surface area contributed by atoms with E-state index in [0.29, 0.717) is 35.7 Å². The standard InChI is InChI=1S/C9H13N7O/c1-5-12-7(3-8(13-5)15-10)11-4-9-14-6(2)17-16-9/h3H,4,10H2,1-2H3,(H2,11,12,13,15). The average Bonchev–Trinajstić information content (AvgIpc) is 2.72. The fourth-order valence-corrected chi connectivity index (χ4v) is 1.31. The summed E-state index contributed by atoms with van der Waals surface area (Å²) < 4.78 is 4.86. The zero-order chi connectivity index (χ0) is 12.3. The third-order valence-corrected chi connectivity index (χ3v) is 1.98. The molecule has 0 fully saturated rings. The predicted octanol–water partition coefficient (Wildman–Crippen LogP) is 0.374. The van der Waals surface area contributed by atoms with Gasteiger partial charge in [0.15, 0.2) is 5.82 Å². The molecule has 0 radical (unpaired) electrons. The monoisotopic (exact) mass is 235 g/mol. The number of anilines is 2. The molecule has 0 spiro atoms. The normalized spacial score (nSPS) is 10.3. The van der Waals surface area contributed by atoms with Crippen LogP contribution >= 0.6 is 0 Å². The highest BCUT2D eigenvalue weighted by atomic mass is 16.5. The van der Waals surface area contributed by atoms with Crippen LogP contribution < -0.4 is 16.6 Å². The van der Waals surface area contributed by atoms with E-state index in [2.05, 4.69) is 30.9 Å². The highest BCUT2D eigenvalue weighted by Gasteiger charge is 2.04. The molecular weight excluding hydrogens is 222 g/mol. The van der Waals surface area contributed by atoms with Gasteiger partial charge in [-0.2, -0.15) is 4.98 Å². The largest absolute Gasteiger partial charge is 0.362 e. The number of aromatic nitrogens is 4. The minimum atomic E-state index is 0.428. The first-order valence-corrected chi connectivity index (χ1v) is 5.03. The first-order valence-electron chi connectivity index (χ1n) is 5.03. The summed E-state index contributed by atoms with van der Waals surface area (Å²) in [6, 6.07) is 1.69. The molecule has 0 aliphatic heterocycles. The van der Waals surface area contributed by atoms with E-state index in [9.17, 15) is 0 Å². The summed E-state index contributed by atoms with van der Waals surface area (Å²) in [5.41, 5.74) is 2.47. The first kappa shape index (κ1) is 11.3. The Bertz CT molecular complexity index is 510. The number of nitrogens with one attached hydrogen (secondary N) is 2. The van der Waals surface area contributed by atoms with E-state index in [0.717, 1.165) is 0 Å². The lowest BCUT2D eigenvalue weighted by molar-refractivity contribution is 0.388. The molecule has 0 bridgehead atoms. The minimum absolute atomic E-state index is 0.428. The summed E-state index contributed by atoms with van der Waals surface area (Å²) in [5.74, 6) is 8.20. The van der Waals surface area contributed by atoms with Gasteiger partial charge in [-0.15, -0.1) is 0 Å². The van der Waals surface area contributed by atoms with E-state index >= 15 is 0 Å². The molecule has 0 aliphatic rings. The Kier molecular flexibility index (Phi) is 3.15. The molecule has 0 unspecified atom stereocenters. The van der Waals surface area contributed by atoms with Gasteiger partial charge >= 0.3 is 0 Å². The van der Waals surface area contributed by atoms with E-state index in [4.69, 9.17) is 10.4 Å². The SMILES string of the molecule is Cc1nc(NN)cc(NCc2noc(C)n2)n1. The van der Waals surface area contributed by atoms with Gasteiger partial charge in [0.2, 0.25) is 5.89 Å². The lowest BCUT2D eigenvalue weighted by Crippen LogP contribution is -2.11. The van der Waals surface area contributed by atoms with Crippen molar-refractivity contribution in [3.8, 4) is 0 Å². The highest BCUT2D eigenvalue weighted by Crippen LogP contribution is 2.10. The van der Waals surface area contributed by atoms with Crippen LogP contribution in [0.5, 0.6) is 0 Å². The molecule has 0 atom stereocenters. The van der Waals surface area contributed by atoms with Crippen molar-refractivity contribution < 1.29 is 4.52 Å². The molecule has 2 heterocycles. The molecule has 0 saturated heterocycles. The zero-order valence-electron chi connectivity index (χ0n) is 9.56. The van der Waals surface area contributed by atoms with Crippen LogP contribution in [0, 0.1) is 13.8 Å². The number of nitrogen functional groups attached to an aromatic ring is 1. The lowest BCUT2D eigenvalue weighted by atomic mass is 10.4. The highest BCUT2D eigenvalue weighted by molar-refractivity contribution is 5.46. The Morgan fingerprint density at radius 3 is 2.65 bits per heavy atom. The third-order valence-electron chi connectivity index (χ3n) is 1.98. The third kappa shape index (κ3) is 2.88. The molecular formula is C9H13N7O. The molecule has 90 valence electrons. The summed E-state index contributed by atoms with van der Waals surface area (Å²) in [5, 5.41) is 6.82. The van der Waals surface area contributed by atoms with Crippen molar-refractivity contribution >= 4 is 11.6 Å². The molecule has 17 heavy (non-hydrogen) atoms. The predicted molar refractivity (Wildman–Crippen MR) is 60.9 cm³/mol. The lowest BCUT2D eigenvalue weighted by Gasteiger charge is -2.06. The van der Waals surface area contributed by atoms with E-state index in [-0.39, 0.29) is 0 Å². The molecule has 2 aromatic rings. The van der Waals surface area contributed by atoms with Gasteiger partial charge in [-0.25, -0.2) is 15.8 Å². The molecule has 0 aromatic carbocycles. The van der Waals surface area contributed by atoms with Crippen LogP contribution in [-0.4, -0.2) is 20.1 Å². The number of rotatable bonds is 4. The fraction of sp³-hybridized carbons (Fsp3) is 0.333. The van der Waals surface area contributed by atoms with Gasteiger partial charge in [0.25, 0.3) is 0 Å². The van der Waals surface area contributed by atoms with E-state index in [1.165, 1.54) is 0 Å². The van der Waals surface area contributed by atoms with Gasteiger partial charge in [-0.3, -0.25) is 0 Å². The molecule has 8 nitrogen and oxygen atoms in total. The van der Waals surface area contributed by atoms with Gasteiger partial charge in [-0.05, 0) is 6.92 Å². The molecule has 4 N–H and O–H groups in total. The van der Waals surface area contributed by atoms with Crippen LogP contribution in [0.1, 0.15) is 17.5 Å².